The van der Waals surface area contributed by atoms with E-state index in [1.807, 2.05) is 31.4 Å². The number of piperidine rings is 1. The van der Waals surface area contributed by atoms with Gasteiger partial charge in [-0.3, -0.25) is 9.78 Å². The van der Waals surface area contributed by atoms with Crippen molar-refractivity contribution in [3.63, 3.8) is 0 Å². The molecule has 2 fully saturated rings. The zero-order valence-corrected chi connectivity index (χ0v) is 18.9. The Morgan fingerprint density at radius 2 is 1.88 bits per heavy atom. The van der Waals surface area contributed by atoms with Crippen molar-refractivity contribution in [2.45, 2.75) is 52.4 Å². The number of hydrogen-bond acceptors (Lipinski definition) is 6. The molecule has 1 aliphatic carbocycles. The molecule has 0 atom stereocenters. The lowest BCUT2D eigenvalue weighted by molar-refractivity contribution is -0.131. The maximum Gasteiger partial charge on any atom is 0.156 e. The fraction of sp³-hybridized carbons (Fsp3) is 0.480. The third-order valence-electron chi connectivity index (χ3n) is 6.64. The van der Waals surface area contributed by atoms with Crippen LogP contribution in [0.2, 0.25) is 0 Å². The first kappa shape index (κ1) is 20.6. The van der Waals surface area contributed by atoms with E-state index in [0.717, 1.165) is 48.7 Å². The second-order valence-corrected chi connectivity index (χ2v) is 10.0. The molecule has 1 aliphatic heterocycles. The number of ketones is 1. The van der Waals surface area contributed by atoms with Crippen LogP contribution in [0.25, 0.3) is 16.9 Å². The Labute approximate surface area is 188 Å². The zero-order chi connectivity index (χ0) is 22.5. The van der Waals surface area contributed by atoms with Crippen molar-refractivity contribution in [1.82, 2.24) is 19.6 Å². The summed E-state index contributed by atoms with van der Waals surface area (Å²) in [5, 5.41) is 13.9. The lowest BCUT2D eigenvalue weighted by Gasteiger charge is -2.34. The highest BCUT2D eigenvalue weighted by Gasteiger charge is 2.35. The van der Waals surface area contributed by atoms with E-state index in [2.05, 4.69) is 27.1 Å². The van der Waals surface area contributed by atoms with Gasteiger partial charge in [0, 0.05) is 30.6 Å². The predicted molar refractivity (Wildman–Crippen MR) is 122 cm³/mol. The third kappa shape index (κ3) is 3.64. The Hall–Kier alpha value is -3.27. The Balaban J connectivity index is 1.52. The molecule has 0 radical (unpaired) electrons. The molecule has 164 valence electrons. The summed E-state index contributed by atoms with van der Waals surface area (Å²) in [6.07, 6.45) is 7.31. The molecule has 0 N–H and O–H groups in total. The van der Waals surface area contributed by atoms with Crippen LogP contribution >= 0.6 is 0 Å². The second kappa shape index (κ2) is 7.70. The molecule has 0 amide bonds. The van der Waals surface area contributed by atoms with Gasteiger partial charge in [-0.25, -0.2) is 9.50 Å². The smallest absolute Gasteiger partial charge is 0.156 e. The van der Waals surface area contributed by atoms with E-state index in [1.165, 1.54) is 18.4 Å². The zero-order valence-electron chi connectivity index (χ0n) is 18.9. The molecule has 1 saturated carbocycles. The van der Waals surface area contributed by atoms with Gasteiger partial charge in [-0.05, 0) is 55.4 Å². The minimum absolute atomic E-state index is 0.118. The van der Waals surface area contributed by atoms with E-state index in [9.17, 15) is 10.1 Å². The fourth-order valence-corrected chi connectivity index (χ4v) is 4.78. The Morgan fingerprint density at radius 1 is 1.12 bits per heavy atom. The number of nitriles is 1. The van der Waals surface area contributed by atoms with Crippen LogP contribution in [-0.2, 0) is 4.79 Å². The number of nitrogens with zero attached hydrogens (tertiary/aromatic N) is 6. The van der Waals surface area contributed by atoms with Gasteiger partial charge in [0.1, 0.15) is 17.6 Å². The van der Waals surface area contributed by atoms with E-state index in [-0.39, 0.29) is 11.3 Å². The van der Waals surface area contributed by atoms with Crippen molar-refractivity contribution in [3.05, 3.63) is 41.9 Å². The number of pyridine rings is 1. The van der Waals surface area contributed by atoms with E-state index < -0.39 is 0 Å². The second-order valence-electron chi connectivity index (χ2n) is 10.0. The standard InChI is InChI=1S/C25H28N6O/c1-25(2,3)23(32)18-7-10-30(11-8-18)24-22-19(17-4-5-17)13-21(31(22)29-15-28-24)20-12-16(14-26)6-9-27-20/h6,9,12-13,15,17-18H,4-5,7-8,10-11H2,1-3H3. The lowest BCUT2D eigenvalue weighted by atomic mass is 9.79. The summed E-state index contributed by atoms with van der Waals surface area (Å²) in [5.41, 5.74) is 4.21. The number of carbonyl (C=O) groups is 1. The number of fused-ring (bicyclic) bond motifs is 1. The van der Waals surface area contributed by atoms with Crippen molar-refractivity contribution in [2.75, 3.05) is 18.0 Å². The quantitative estimate of drug-likeness (QED) is 0.613. The predicted octanol–water partition coefficient (Wildman–Crippen LogP) is 4.37. The Kier molecular flexibility index (Phi) is 4.96. The van der Waals surface area contributed by atoms with Gasteiger partial charge >= 0.3 is 0 Å². The molecule has 3 aromatic rings. The molecule has 7 heteroatoms. The number of rotatable bonds is 4. The number of carbonyl (C=O) groups excluding carboxylic acids is 1. The van der Waals surface area contributed by atoms with E-state index in [1.54, 1.807) is 18.6 Å². The highest BCUT2D eigenvalue weighted by molar-refractivity contribution is 5.86. The maximum absolute atomic E-state index is 12.8. The molecule has 0 bridgehead atoms. The highest BCUT2D eigenvalue weighted by atomic mass is 16.1. The van der Waals surface area contributed by atoms with Gasteiger partial charge in [0.15, 0.2) is 5.82 Å². The molecule has 7 nitrogen and oxygen atoms in total. The molecule has 32 heavy (non-hydrogen) atoms. The topological polar surface area (TPSA) is 87.2 Å². The normalized spacial score (nSPS) is 17.5. The number of Topliss-reactive ketones (excluding diaryl/α,β-unsaturated/α-hetero) is 1. The van der Waals surface area contributed by atoms with Gasteiger partial charge in [0.2, 0.25) is 0 Å². The molecular weight excluding hydrogens is 400 g/mol. The molecule has 0 unspecified atom stereocenters. The van der Waals surface area contributed by atoms with E-state index in [4.69, 9.17) is 4.98 Å². The summed E-state index contributed by atoms with van der Waals surface area (Å²) in [6.45, 7) is 7.65. The summed E-state index contributed by atoms with van der Waals surface area (Å²) in [6, 6.07) is 7.89. The monoisotopic (exact) mass is 428 g/mol. The van der Waals surface area contributed by atoms with Crippen LogP contribution in [0.15, 0.2) is 30.7 Å². The molecule has 2 aliphatic rings. The van der Waals surface area contributed by atoms with Crippen molar-refractivity contribution in [1.29, 1.82) is 5.26 Å². The Morgan fingerprint density at radius 3 is 2.53 bits per heavy atom. The van der Waals surface area contributed by atoms with Crippen LogP contribution in [0.5, 0.6) is 0 Å². The lowest BCUT2D eigenvalue weighted by Crippen LogP contribution is -2.40. The van der Waals surface area contributed by atoms with Gasteiger partial charge in [-0.2, -0.15) is 10.4 Å². The molecule has 5 rings (SSSR count). The fourth-order valence-electron chi connectivity index (χ4n) is 4.78. The van der Waals surface area contributed by atoms with Crippen LogP contribution in [0.4, 0.5) is 5.82 Å². The summed E-state index contributed by atoms with van der Waals surface area (Å²) in [5.74, 6) is 1.93. The van der Waals surface area contributed by atoms with Crippen molar-refractivity contribution >= 4 is 17.1 Å². The van der Waals surface area contributed by atoms with Crippen LogP contribution in [0.1, 0.15) is 63.5 Å². The molecule has 1 saturated heterocycles. The van der Waals surface area contributed by atoms with Gasteiger partial charge in [0.05, 0.1) is 23.0 Å². The first-order valence-corrected chi connectivity index (χ1v) is 11.4. The maximum atomic E-state index is 12.8. The van der Waals surface area contributed by atoms with Gasteiger partial charge < -0.3 is 4.90 Å². The first-order chi connectivity index (χ1) is 15.4. The highest BCUT2D eigenvalue weighted by Crippen LogP contribution is 2.46. The van der Waals surface area contributed by atoms with Crippen LogP contribution in [0.3, 0.4) is 0 Å². The minimum Gasteiger partial charge on any atom is -0.355 e. The molecule has 3 aromatic heterocycles. The molecule has 0 aromatic carbocycles. The van der Waals surface area contributed by atoms with Crippen LogP contribution in [-0.4, -0.2) is 38.5 Å². The number of aromatic nitrogens is 4. The summed E-state index contributed by atoms with van der Waals surface area (Å²) >= 11 is 0. The summed E-state index contributed by atoms with van der Waals surface area (Å²) in [7, 11) is 0. The van der Waals surface area contributed by atoms with Crippen LogP contribution in [0, 0.1) is 22.7 Å². The summed E-state index contributed by atoms with van der Waals surface area (Å²) in [4.78, 5) is 24.3. The molecule has 0 spiro atoms. The van der Waals surface area contributed by atoms with E-state index >= 15 is 0 Å². The average Bonchev–Trinajstić information content (AvgIpc) is 3.57. The number of anilines is 1. The first-order valence-electron chi connectivity index (χ1n) is 11.4. The average molecular weight is 429 g/mol. The van der Waals surface area contributed by atoms with Crippen LogP contribution < -0.4 is 4.90 Å². The largest absolute Gasteiger partial charge is 0.355 e. The van der Waals surface area contributed by atoms with Crippen molar-refractivity contribution < 1.29 is 4.79 Å². The van der Waals surface area contributed by atoms with Gasteiger partial charge in [0.25, 0.3) is 0 Å². The SMILES string of the molecule is CC(C)(C)C(=O)C1CCN(c2ncnn3c(-c4cc(C#N)ccn4)cc(C4CC4)c23)CC1. The summed E-state index contributed by atoms with van der Waals surface area (Å²) < 4.78 is 1.94. The van der Waals surface area contributed by atoms with Gasteiger partial charge in [-0.15, -0.1) is 0 Å². The minimum atomic E-state index is -0.296. The van der Waals surface area contributed by atoms with Crippen molar-refractivity contribution in [3.8, 4) is 17.5 Å². The number of hydrogen-bond donors (Lipinski definition) is 0. The molecular formula is C25H28N6O. The third-order valence-corrected chi connectivity index (χ3v) is 6.64. The van der Waals surface area contributed by atoms with Crippen molar-refractivity contribution in [2.24, 2.45) is 11.3 Å². The molecule has 4 heterocycles. The Bertz CT molecular complexity index is 1220. The van der Waals surface area contributed by atoms with Gasteiger partial charge in [-0.1, -0.05) is 20.8 Å². The van der Waals surface area contributed by atoms with E-state index in [0.29, 0.717) is 17.3 Å².